The number of aliphatic carboxylic acids is 1. The van der Waals surface area contributed by atoms with Crippen molar-refractivity contribution in [3.63, 3.8) is 0 Å². The Bertz CT molecular complexity index is 570. The summed E-state index contributed by atoms with van der Waals surface area (Å²) in [4.78, 5) is 27.8. The van der Waals surface area contributed by atoms with Crippen LogP contribution in [0.5, 0.6) is 0 Å². The second-order valence-corrected chi connectivity index (χ2v) is 6.98. The van der Waals surface area contributed by atoms with Crippen molar-refractivity contribution in [3.05, 3.63) is 11.1 Å². The summed E-state index contributed by atoms with van der Waals surface area (Å²) < 4.78 is 0. The summed E-state index contributed by atoms with van der Waals surface area (Å²) in [5.41, 5.74) is 0.172. The van der Waals surface area contributed by atoms with E-state index >= 15 is 0 Å². The number of hydrogen-bond acceptors (Lipinski definition) is 4. The molecule has 2 aliphatic rings. The van der Waals surface area contributed by atoms with E-state index in [0.717, 1.165) is 12.1 Å². The maximum absolute atomic E-state index is 12.0. The first kappa shape index (κ1) is 14.3. The molecule has 2 aliphatic carbocycles. The minimum atomic E-state index is -0.876. The highest BCUT2D eigenvalue weighted by Gasteiger charge is 2.46. The Labute approximate surface area is 127 Å². The molecule has 6 nitrogen and oxygen atoms in total. The minimum absolute atomic E-state index is 0.335. The Balaban J connectivity index is 1.59. The van der Waals surface area contributed by atoms with Crippen LogP contribution in [-0.4, -0.2) is 28.1 Å². The lowest BCUT2D eigenvalue weighted by atomic mass is 9.85. The van der Waals surface area contributed by atoms with Gasteiger partial charge in [-0.3, -0.25) is 10.1 Å². The molecule has 0 spiro atoms. The number of anilines is 1. The van der Waals surface area contributed by atoms with Gasteiger partial charge in [0.25, 0.3) is 0 Å². The molecular formula is C14H19N3O3S. The van der Waals surface area contributed by atoms with Gasteiger partial charge >= 0.3 is 12.0 Å². The van der Waals surface area contributed by atoms with Gasteiger partial charge < -0.3 is 10.4 Å². The molecule has 2 saturated carbocycles. The molecule has 1 aromatic rings. The van der Waals surface area contributed by atoms with Gasteiger partial charge in [-0.25, -0.2) is 9.78 Å². The van der Waals surface area contributed by atoms with E-state index in [1.54, 1.807) is 6.92 Å². The molecular weight excluding hydrogens is 290 g/mol. The zero-order chi connectivity index (χ0) is 15.0. The predicted octanol–water partition coefficient (Wildman–Crippen LogP) is 2.79. The van der Waals surface area contributed by atoms with Gasteiger partial charge in [-0.05, 0) is 32.6 Å². The topological polar surface area (TPSA) is 91.3 Å². The molecule has 2 atom stereocenters. The fourth-order valence-corrected chi connectivity index (χ4v) is 3.64. The van der Waals surface area contributed by atoms with Gasteiger partial charge in [0.1, 0.15) is 0 Å². The summed E-state index contributed by atoms with van der Waals surface area (Å²) in [6.07, 6.45) is 4.46. The van der Waals surface area contributed by atoms with Gasteiger partial charge in [-0.2, -0.15) is 0 Å². The van der Waals surface area contributed by atoms with Crippen molar-refractivity contribution in [1.82, 2.24) is 10.3 Å². The van der Waals surface area contributed by atoms with Gasteiger partial charge in [0.15, 0.2) is 5.13 Å². The molecule has 2 fully saturated rings. The third kappa shape index (κ3) is 2.88. The molecule has 2 unspecified atom stereocenters. The Morgan fingerprint density at radius 2 is 2.19 bits per heavy atom. The van der Waals surface area contributed by atoms with Crippen LogP contribution in [0.4, 0.5) is 9.93 Å². The second kappa shape index (κ2) is 5.29. The van der Waals surface area contributed by atoms with E-state index < -0.39 is 11.4 Å². The first-order chi connectivity index (χ1) is 9.99. The lowest BCUT2D eigenvalue weighted by Gasteiger charge is -2.27. The maximum Gasteiger partial charge on any atom is 0.321 e. The average Bonchev–Trinajstić information content (AvgIpc) is 3.07. The molecule has 3 N–H and O–H groups in total. The maximum atomic E-state index is 12.0. The number of nitrogens with zero attached hydrogens (tertiary/aromatic N) is 1. The number of carboxylic acids is 1. The highest BCUT2D eigenvalue weighted by atomic mass is 32.1. The van der Waals surface area contributed by atoms with Crippen molar-refractivity contribution in [2.45, 2.75) is 51.0 Å². The van der Waals surface area contributed by atoms with E-state index in [1.165, 1.54) is 24.2 Å². The molecule has 1 heterocycles. The number of carboxylic acid groups (broad SMARTS) is 1. The van der Waals surface area contributed by atoms with Gasteiger partial charge in [0, 0.05) is 17.3 Å². The lowest BCUT2D eigenvalue weighted by Crippen LogP contribution is -2.48. The average molecular weight is 309 g/mol. The molecule has 21 heavy (non-hydrogen) atoms. The normalized spacial score (nSPS) is 28.3. The van der Waals surface area contributed by atoms with Crippen molar-refractivity contribution in [1.29, 1.82) is 0 Å². The van der Waals surface area contributed by atoms with Crippen molar-refractivity contribution in [2.24, 2.45) is 5.41 Å². The molecule has 114 valence electrons. The van der Waals surface area contributed by atoms with Crippen molar-refractivity contribution >= 4 is 28.5 Å². The van der Waals surface area contributed by atoms with Crippen LogP contribution in [0.15, 0.2) is 5.38 Å². The molecule has 2 amide bonds. The Kier molecular flexibility index (Phi) is 3.61. The molecule has 1 aromatic heterocycles. The number of nitrogens with one attached hydrogen (secondary N) is 2. The standard InChI is InChI=1S/C14H19N3O3S/c1-14(11(18)19)6-2-3-10(14)16-12(20)17-13-15-9(7-21-13)8-4-5-8/h7-8,10H,2-6H2,1H3,(H,18,19)(H2,15,16,17,20). The first-order valence-electron chi connectivity index (χ1n) is 7.25. The zero-order valence-corrected chi connectivity index (χ0v) is 12.7. The minimum Gasteiger partial charge on any atom is -0.481 e. The van der Waals surface area contributed by atoms with Crippen LogP contribution in [0.1, 0.15) is 50.6 Å². The monoisotopic (exact) mass is 309 g/mol. The third-order valence-electron chi connectivity index (χ3n) is 4.49. The van der Waals surface area contributed by atoms with E-state index in [9.17, 15) is 14.7 Å². The van der Waals surface area contributed by atoms with Crippen LogP contribution in [0.3, 0.4) is 0 Å². The summed E-state index contributed by atoms with van der Waals surface area (Å²) in [6, 6.07) is -0.705. The summed E-state index contributed by atoms with van der Waals surface area (Å²) in [6.45, 7) is 1.70. The number of rotatable bonds is 4. The van der Waals surface area contributed by atoms with Crippen LogP contribution in [0.25, 0.3) is 0 Å². The van der Waals surface area contributed by atoms with Crippen LogP contribution >= 0.6 is 11.3 Å². The molecule has 0 radical (unpaired) electrons. The molecule has 7 heteroatoms. The van der Waals surface area contributed by atoms with E-state index in [1.807, 2.05) is 5.38 Å². The van der Waals surface area contributed by atoms with Crippen molar-refractivity contribution < 1.29 is 14.7 Å². The zero-order valence-electron chi connectivity index (χ0n) is 11.9. The Morgan fingerprint density at radius 3 is 2.86 bits per heavy atom. The van der Waals surface area contributed by atoms with E-state index in [0.29, 0.717) is 23.9 Å². The van der Waals surface area contributed by atoms with Gasteiger partial charge in [-0.1, -0.05) is 6.42 Å². The van der Waals surface area contributed by atoms with Gasteiger partial charge in [0.05, 0.1) is 11.1 Å². The van der Waals surface area contributed by atoms with Crippen LogP contribution in [0, 0.1) is 5.41 Å². The van der Waals surface area contributed by atoms with Crippen molar-refractivity contribution in [2.75, 3.05) is 5.32 Å². The molecule has 0 saturated heterocycles. The van der Waals surface area contributed by atoms with E-state index in [2.05, 4.69) is 15.6 Å². The number of carbonyl (C=O) groups excluding carboxylic acids is 1. The highest BCUT2D eigenvalue weighted by molar-refractivity contribution is 7.13. The van der Waals surface area contributed by atoms with E-state index in [4.69, 9.17) is 0 Å². The highest BCUT2D eigenvalue weighted by Crippen LogP contribution is 2.41. The smallest absolute Gasteiger partial charge is 0.321 e. The number of amides is 2. The van der Waals surface area contributed by atoms with Gasteiger partial charge in [-0.15, -0.1) is 11.3 Å². The molecule has 0 aromatic carbocycles. The van der Waals surface area contributed by atoms with Crippen LogP contribution in [0.2, 0.25) is 0 Å². The van der Waals surface area contributed by atoms with Crippen LogP contribution < -0.4 is 10.6 Å². The third-order valence-corrected chi connectivity index (χ3v) is 5.27. The number of thiazole rings is 1. The Hall–Kier alpha value is -1.63. The molecule has 3 rings (SSSR count). The number of hydrogen-bond donors (Lipinski definition) is 3. The fraction of sp³-hybridized carbons (Fsp3) is 0.643. The quantitative estimate of drug-likeness (QED) is 0.797. The van der Waals surface area contributed by atoms with Crippen LogP contribution in [-0.2, 0) is 4.79 Å². The number of urea groups is 1. The summed E-state index contributed by atoms with van der Waals surface area (Å²) in [5.74, 6) is -0.291. The molecule has 0 bridgehead atoms. The summed E-state index contributed by atoms with van der Waals surface area (Å²) >= 11 is 1.41. The first-order valence-corrected chi connectivity index (χ1v) is 8.13. The second-order valence-electron chi connectivity index (χ2n) is 6.12. The van der Waals surface area contributed by atoms with Gasteiger partial charge in [0.2, 0.25) is 0 Å². The predicted molar refractivity (Wildman–Crippen MR) is 79.6 cm³/mol. The fourth-order valence-electron chi connectivity index (χ4n) is 2.86. The number of carbonyl (C=O) groups is 2. The van der Waals surface area contributed by atoms with E-state index in [-0.39, 0.29) is 12.1 Å². The molecule has 0 aliphatic heterocycles. The lowest BCUT2D eigenvalue weighted by molar-refractivity contribution is -0.148. The SMILES string of the molecule is CC1(C(=O)O)CCCC1NC(=O)Nc1nc(C2CC2)cs1. The largest absolute Gasteiger partial charge is 0.481 e. The van der Waals surface area contributed by atoms with Crippen molar-refractivity contribution in [3.8, 4) is 0 Å². The Morgan fingerprint density at radius 1 is 1.43 bits per heavy atom. The summed E-state index contributed by atoms with van der Waals surface area (Å²) in [5, 5.41) is 17.4. The summed E-state index contributed by atoms with van der Waals surface area (Å²) in [7, 11) is 0. The number of aromatic nitrogens is 1.